The maximum Gasteiger partial charge on any atom is 0.324 e. The second-order valence-electron chi connectivity index (χ2n) is 22.2. The Kier molecular flexibility index (Phi) is 17.2. The van der Waals surface area contributed by atoms with Crippen molar-refractivity contribution in [3.05, 3.63) is 107 Å². The third kappa shape index (κ3) is 12.2. The molecule has 77 heavy (non-hydrogen) atoms. The number of aromatic nitrogens is 2. The summed E-state index contributed by atoms with van der Waals surface area (Å²) in [4.78, 5) is 67.0. The standard InChI is InChI=1S/C61H75N7O9/c1-9-67-52-20-19-43-34-47(52)49(55(67)48-31-40(36-62-53(48)39(4)74-8)15-13-22-66-24-27-75-28-25-66)35-61(5,6)37-77-60(73)50-18-14-23-68(64-50)58(71)51(32-41-29-44(43)33-45(69)30-41)63-57(70)54(38(2)3)65(7)59(72)56-46(21-26-76-56)42-16-11-10-12-17-42/h10-12,16-17,19-20,29-31,33-34,36,38-39,46,50-51,54,56,64,69H,9,14,18,21-28,32,35,37H2,1-8H3,(H,63,70). The number of aryl methyl sites for hydroxylation is 1. The van der Waals surface area contributed by atoms with E-state index in [1.54, 1.807) is 26.3 Å². The first-order valence-corrected chi connectivity index (χ1v) is 27.3. The number of nitrogens with one attached hydrogen (secondary N) is 2. The zero-order valence-corrected chi connectivity index (χ0v) is 45.9. The van der Waals surface area contributed by atoms with Gasteiger partial charge in [-0.25, -0.2) is 5.43 Å². The van der Waals surface area contributed by atoms with Crippen molar-refractivity contribution in [2.75, 3.05) is 66.8 Å². The fraction of sp³-hybridized carbons (Fsp3) is 0.492. The number of fused-ring (bicyclic) bond motifs is 6. The monoisotopic (exact) mass is 1050 g/mol. The van der Waals surface area contributed by atoms with E-state index in [0.717, 1.165) is 63.2 Å². The van der Waals surface area contributed by atoms with Gasteiger partial charge in [0.15, 0.2) is 0 Å². The number of amides is 3. The van der Waals surface area contributed by atoms with Crippen LogP contribution in [0.3, 0.4) is 0 Å². The van der Waals surface area contributed by atoms with Crippen LogP contribution in [0.4, 0.5) is 0 Å². The van der Waals surface area contributed by atoms with Gasteiger partial charge in [-0.15, -0.1) is 0 Å². The first-order chi connectivity index (χ1) is 37.0. The van der Waals surface area contributed by atoms with Crippen LogP contribution in [0.15, 0.2) is 79.0 Å². The average Bonchev–Trinajstić information content (AvgIpc) is 4.08. The zero-order valence-electron chi connectivity index (χ0n) is 45.9. The molecule has 6 unspecified atom stereocenters. The van der Waals surface area contributed by atoms with E-state index < -0.39 is 47.4 Å². The Morgan fingerprint density at radius 1 is 0.987 bits per heavy atom. The lowest BCUT2D eigenvalue weighted by atomic mass is 9.84. The highest BCUT2D eigenvalue weighted by Crippen LogP contribution is 2.43. The van der Waals surface area contributed by atoms with E-state index in [1.165, 1.54) is 9.91 Å². The van der Waals surface area contributed by atoms with Crippen LogP contribution in [0.1, 0.15) is 101 Å². The van der Waals surface area contributed by atoms with Crippen molar-refractivity contribution in [3.8, 4) is 40.0 Å². The van der Waals surface area contributed by atoms with Crippen LogP contribution in [-0.2, 0) is 57.5 Å². The van der Waals surface area contributed by atoms with Crippen molar-refractivity contribution >= 4 is 34.6 Å². The van der Waals surface area contributed by atoms with Crippen LogP contribution in [0.2, 0.25) is 0 Å². The molecule has 3 amide bonds. The summed E-state index contributed by atoms with van der Waals surface area (Å²) in [5.74, 6) is 4.45. The van der Waals surface area contributed by atoms with Crippen molar-refractivity contribution < 1.29 is 43.2 Å². The molecule has 6 heterocycles. The number of morpholine rings is 1. The molecule has 0 saturated carbocycles. The number of carbonyl (C=O) groups excluding carboxylic acids is 4. The predicted octanol–water partition coefficient (Wildman–Crippen LogP) is 7.19. The summed E-state index contributed by atoms with van der Waals surface area (Å²) in [5, 5.41) is 17.0. The molecule has 16 heteroatoms. The maximum atomic E-state index is 14.9. The lowest BCUT2D eigenvalue weighted by molar-refractivity contribution is -0.155. The molecule has 9 rings (SSSR count). The van der Waals surface area contributed by atoms with Gasteiger partial charge in [0.2, 0.25) is 5.91 Å². The van der Waals surface area contributed by atoms with Gasteiger partial charge in [-0.1, -0.05) is 82.0 Å². The van der Waals surface area contributed by atoms with Gasteiger partial charge >= 0.3 is 5.97 Å². The highest BCUT2D eigenvalue weighted by molar-refractivity contribution is 5.96. The van der Waals surface area contributed by atoms with E-state index in [0.29, 0.717) is 69.7 Å². The molecule has 3 N–H and O–H groups in total. The summed E-state index contributed by atoms with van der Waals surface area (Å²) in [6.45, 7) is 17.1. The second kappa shape index (κ2) is 24.0. The molecule has 3 aromatic carbocycles. The molecule has 4 aliphatic heterocycles. The van der Waals surface area contributed by atoms with Gasteiger partial charge in [0.05, 0.1) is 43.9 Å². The number of cyclic esters (lactones) is 1. The zero-order chi connectivity index (χ0) is 54.5. The molecule has 0 radical (unpaired) electrons. The van der Waals surface area contributed by atoms with Gasteiger partial charge in [0, 0.05) is 92.9 Å². The molecule has 0 aliphatic carbocycles. The Bertz CT molecular complexity index is 3030. The SMILES string of the molecule is CCn1c(-c2cc(C#CCN3CCOCC3)cnc2C(C)OC)c2c3cc(ccc31)-c1cc(O)cc(c1)CC(NC(=O)C(C(C)C)N(C)C(=O)C1OCCC1c1ccccc1)C(=O)N1CCCC(N1)C(=O)OCC(C)(C)C2. The molecule has 6 atom stereocenters. The van der Waals surface area contributed by atoms with Gasteiger partial charge < -0.3 is 38.8 Å². The third-order valence-corrected chi connectivity index (χ3v) is 15.6. The van der Waals surface area contributed by atoms with Crippen LogP contribution < -0.4 is 10.7 Å². The van der Waals surface area contributed by atoms with Gasteiger partial charge in [-0.2, -0.15) is 0 Å². The van der Waals surface area contributed by atoms with Crippen molar-refractivity contribution in [3.63, 3.8) is 0 Å². The maximum absolute atomic E-state index is 14.9. The smallest absolute Gasteiger partial charge is 0.324 e. The topological polar surface area (TPSA) is 177 Å². The lowest BCUT2D eigenvalue weighted by Crippen LogP contribution is -2.62. The number of phenolic OH excluding ortho intramolecular Hbond substituents is 1. The Morgan fingerprint density at radius 3 is 2.51 bits per heavy atom. The van der Waals surface area contributed by atoms with Crippen molar-refractivity contribution in [2.24, 2.45) is 11.3 Å². The van der Waals surface area contributed by atoms with Gasteiger partial charge in [-0.3, -0.25) is 34.1 Å². The van der Waals surface area contributed by atoms with E-state index >= 15 is 0 Å². The van der Waals surface area contributed by atoms with Crippen LogP contribution in [0.5, 0.6) is 5.75 Å². The first kappa shape index (κ1) is 55.2. The minimum atomic E-state index is -1.17. The fourth-order valence-corrected chi connectivity index (χ4v) is 11.6. The molecule has 2 aromatic heterocycles. The van der Waals surface area contributed by atoms with E-state index in [9.17, 15) is 24.3 Å². The number of ether oxygens (including phenoxy) is 4. The van der Waals surface area contributed by atoms with Crippen LogP contribution in [-0.4, -0.2) is 144 Å². The third-order valence-electron chi connectivity index (χ3n) is 15.6. The molecule has 4 aliphatic rings. The van der Waals surface area contributed by atoms with E-state index in [1.807, 2.05) is 69.4 Å². The molecular formula is C61H75N7O9. The van der Waals surface area contributed by atoms with Crippen molar-refractivity contribution in [2.45, 2.75) is 116 Å². The minimum Gasteiger partial charge on any atom is -0.508 e. The largest absolute Gasteiger partial charge is 0.508 e. The van der Waals surface area contributed by atoms with Gasteiger partial charge in [0.25, 0.3) is 11.8 Å². The molecular weight excluding hydrogens is 975 g/mol. The summed E-state index contributed by atoms with van der Waals surface area (Å²) in [6, 6.07) is 20.5. The molecule has 16 nitrogen and oxygen atoms in total. The Morgan fingerprint density at radius 2 is 1.77 bits per heavy atom. The Labute approximate surface area is 452 Å². The van der Waals surface area contributed by atoms with Crippen molar-refractivity contribution in [1.82, 2.24) is 35.1 Å². The minimum absolute atomic E-state index is 0.0117. The number of esters is 1. The number of rotatable bonds is 11. The molecule has 6 bridgehead atoms. The number of hydrogen-bond donors (Lipinski definition) is 3. The number of pyridine rings is 1. The van der Waals surface area contributed by atoms with Gasteiger partial charge in [0.1, 0.15) is 30.0 Å². The normalized spacial score (nSPS) is 21.9. The quantitative estimate of drug-likeness (QED) is 0.0898. The first-order valence-electron chi connectivity index (χ1n) is 27.3. The fourth-order valence-electron chi connectivity index (χ4n) is 11.6. The summed E-state index contributed by atoms with van der Waals surface area (Å²) >= 11 is 0. The summed E-state index contributed by atoms with van der Waals surface area (Å²) in [7, 11) is 3.29. The lowest BCUT2D eigenvalue weighted by Gasteiger charge is -2.37. The number of aromatic hydroxyl groups is 1. The number of likely N-dealkylation sites (N-methyl/N-ethyl adjacent to an activating group) is 1. The van der Waals surface area contributed by atoms with Crippen LogP contribution in [0.25, 0.3) is 33.3 Å². The second-order valence-corrected chi connectivity index (χ2v) is 22.2. The van der Waals surface area contributed by atoms with Crippen molar-refractivity contribution in [1.29, 1.82) is 0 Å². The number of carbonyl (C=O) groups is 4. The number of hydrazine groups is 1. The molecule has 5 aromatic rings. The number of methoxy groups -OCH3 is 1. The number of phenols is 1. The van der Waals surface area contributed by atoms with Crippen LogP contribution >= 0.6 is 0 Å². The van der Waals surface area contributed by atoms with Gasteiger partial charge in [-0.05, 0) is 104 Å². The molecule has 408 valence electrons. The highest BCUT2D eigenvalue weighted by atomic mass is 16.5. The molecule has 3 saturated heterocycles. The highest BCUT2D eigenvalue weighted by Gasteiger charge is 2.42. The summed E-state index contributed by atoms with van der Waals surface area (Å²) in [6.07, 6.45) is 2.77. The number of benzene rings is 3. The van der Waals surface area contributed by atoms with Crippen LogP contribution in [0, 0.1) is 23.2 Å². The summed E-state index contributed by atoms with van der Waals surface area (Å²) in [5.41, 5.74) is 11.1. The Hall–Kier alpha value is -6.61. The van der Waals surface area contributed by atoms with E-state index in [4.69, 9.17) is 23.9 Å². The van der Waals surface area contributed by atoms with E-state index in [-0.39, 0.29) is 49.2 Å². The summed E-state index contributed by atoms with van der Waals surface area (Å²) < 4.78 is 26.1. The Balaban J connectivity index is 1.11. The number of nitrogens with zero attached hydrogens (tertiary/aromatic N) is 5. The molecule has 0 spiro atoms. The molecule has 3 fully saturated rings. The predicted molar refractivity (Wildman–Crippen MR) is 294 cm³/mol. The average molecular weight is 1050 g/mol. The van der Waals surface area contributed by atoms with E-state index in [2.05, 4.69) is 71.0 Å². The number of hydrogen-bond acceptors (Lipinski definition) is 12.